The van der Waals surface area contributed by atoms with Crippen molar-refractivity contribution in [2.75, 3.05) is 26.2 Å². The largest absolute Gasteiger partial charge is 0.369 e. The number of nitrogens with two attached hydrogens (primary N) is 1. The highest BCUT2D eigenvalue weighted by atomic mass is 16.5. The Hall–Kier alpha value is -2.74. The molecule has 0 spiro atoms. The van der Waals surface area contributed by atoms with Gasteiger partial charge in [-0.1, -0.05) is 11.2 Å². The minimum Gasteiger partial charge on any atom is -0.369 e. The number of likely N-dealkylation sites (tertiary alicyclic amines) is 2. The standard InChI is InChI=1S/C21H27N5O3/c22-20(27)17-4-2-8-26(14-17)21(28)19-11-18(24-29-19)16-5-9-25(10-6-16)13-15-3-1-7-23-12-15/h1,3,7,11-12,16-17H,2,4-6,8-10,13-14H2,(H2,22,27)/t17-/m1/s1. The SMILES string of the molecule is NC(=O)[C@@H]1CCCN(C(=O)c2cc(C3CCN(Cc4cccnc4)CC3)no2)C1. The summed E-state index contributed by atoms with van der Waals surface area (Å²) in [6, 6.07) is 5.83. The van der Waals surface area contributed by atoms with E-state index in [1.807, 2.05) is 12.3 Å². The van der Waals surface area contributed by atoms with E-state index in [1.165, 1.54) is 5.56 Å². The van der Waals surface area contributed by atoms with Crippen molar-refractivity contribution >= 4 is 11.8 Å². The van der Waals surface area contributed by atoms with Gasteiger partial charge >= 0.3 is 0 Å². The molecular formula is C21H27N5O3. The molecule has 0 unspecified atom stereocenters. The van der Waals surface area contributed by atoms with Crippen LogP contribution >= 0.6 is 0 Å². The van der Waals surface area contributed by atoms with E-state index in [2.05, 4.69) is 21.1 Å². The molecule has 4 heterocycles. The number of hydrogen-bond donors (Lipinski definition) is 1. The van der Waals surface area contributed by atoms with Crippen molar-refractivity contribution in [1.82, 2.24) is 19.9 Å². The average molecular weight is 397 g/mol. The van der Waals surface area contributed by atoms with Gasteiger partial charge in [0.2, 0.25) is 11.7 Å². The molecule has 0 radical (unpaired) electrons. The Balaban J connectivity index is 1.32. The molecule has 4 rings (SSSR count). The lowest BCUT2D eigenvalue weighted by atomic mass is 9.93. The topological polar surface area (TPSA) is 106 Å². The van der Waals surface area contributed by atoms with Gasteiger partial charge in [0.1, 0.15) is 0 Å². The number of amides is 2. The van der Waals surface area contributed by atoms with E-state index in [1.54, 1.807) is 17.2 Å². The third-order valence-electron chi connectivity index (χ3n) is 5.98. The van der Waals surface area contributed by atoms with Crippen molar-refractivity contribution in [1.29, 1.82) is 0 Å². The third kappa shape index (κ3) is 4.64. The van der Waals surface area contributed by atoms with Gasteiger partial charge in [-0.05, 0) is 50.4 Å². The highest BCUT2D eigenvalue weighted by molar-refractivity contribution is 5.92. The van der Waals surface area contributed by atoms with Gasteiger partial charge in [-0.2, -0.15) is 0 Å². The van der Waals surface area contributed by atoms with Gasteiger partial charge in [0, 0.05) is 44.0 Å². The van der Waals surface area contributed by atoms with Gasteiger partial charge < -0.3 is 15.2 Å². The molecule has 2 amide bonds. The van der Waals surface area contributed by atoms with Crippen LogP contribution in [0.5, 0.6) is 0 Å². The summed E-state index contributed by atoms with van der Waals surface area (Å²) in [7, 11) is 0. The summed E-state index contributed by atoms with van der Waals surface area (Å²) in [5.74, 6) is -0.283. The Labute approximate surface area is 170 Å². The van der Waals surface area contributed by atoms with Crippen LogP contribution in [-0.2, 0) is 11.3 Å². The third-order valence-corrected chi connectivity index (χ3v) is 5.98. The van der Waals surface area contributed by atoms with E-state index >= 15 is 0 Å². The zero-order valence-electron chi connectivity index (χ0n) is 16.5. The molecule has 2 saturated heterocycles. The molecule has 2 aromatic rings. The van der Waals surface area contributed by atoms with Crippen molar-refractivity contribution in [2.24, 2.45) is 11.7 Å². The second kappa shape index (κ2) is 8.73. The van der Waals surface area contributed by atoms with Crippen molar-refractivity contribution in [3.63, 3.8) is 0 Å². The monoisotopic (exact) mass is 397 g/mol. The van der Waals surface area contributed by atoms with E-state index in [4.69, 9.17) is 10.3 Å². The Morgan fingerprint density at radius 1 is 1.21 bits per heavy atom. The molecule has 0 aliphatic carbocycles. The van der Waals surface area contributed by atoms with Crippen LogP contribution in [0, 0.1) is 5.92 Å². The molecular weight excluding hydrogens is 370 g/mol. The molecule has 2 N–H and O–H groups in total. The summed E-state index contributed by atoms with van der Waals surface area (Å²) in [5, 5.41) is 4.18. The van der Waals surface area contributed by atoms with Crippen LogP contribution in [0.3, 0.4) is 0 Å². The molecule has 2 aliphatic rings. The fourth-order valence-electron chi connectivity index (χ4n) is 4.27. The molecule has 2 aromatic heterocycles. The molecule has 0 aromatic carbocycles. The van der Waals surface area contributed by atoms with Crippen molar-refractivity contribution in [3.05, 3.63) is 47.6 Å². The summed E-state index contributed by atoms with van der Waals surface area (Å²) in [5.41, 5.74) is 7.47. The van der Waals surface area contributed by atoms with Crippen molar-refractivity contribution in [2.45, 2.75) is 38.1 Å². The molecule has 2 aliphatic heterocycles. The molecule has 8 nitrogen and oxygen atoms in total. The van der Waals surface area contributed by atoms with Gasteiger partial charge in [0.05, 0.1) is 11.6 Å². The fraction of sp³-hybridized carbons (Fsp3) is 0.524. The number of piperidine rings is 2. The number of carbonyl (C=O) groups is 2. The lowest BCUT2D eigenvalue weighted by molar-refractivity contribution is -0.123. The Morgan fingerprint density at radius 2 is 2.03 bits per heavy atom. The number of primary amides is 1. The smallest absolute Gasteiger partial charge is 0.292 e. The molecule has 2 fully saturated rings. The lowest BCUT2D eigenvalue weighted by Crippen LogP contribution is -2.44. The first-order valence-corrected chi connectivity index (χ1v) is 10.3. The second-order valence-corrected chi connectivity index (χ2v) is 8.02. The van der Waals surface area contributed by atoms with E-state index in [0.29, 0.717) is 19.0 Å². The number of hydrogen-bond acceptors (Lipinski definition) is 6. The predicted molar refractivity (Wildman–Crippen MR) is 106 cm³/mol. The minimum atomic E-state index is -0.348. The van der Waals surface area contributed by atoms with Gasteiger partial charge in [0.15, 0.2) is 0 Å². The highest BCUT2D eigenvalue weighted by Gasteiger charge is 2.30. The molecule has 154 valence electrons. The summed E-state index contributed by atoms with van der Waals surface area (Å²) in [6.07, 6.45) is 7.16. The zero-order chi connectivity index (χ0) is 20.2. The molecule has 1 atom stereocenters. The number of carbonyl (C=O) groups excluding carboxylic acids is 2. The first-order valence-electron chi connectivity index (χ1n) is 10.3. The van der Waals surface area contributed by atoms with Crippen LogP contribution in [-0.4, -0.2) is 57.9 Å². The van der Waals surface area contributed by atoms with E-state index in [0.717, 1.165) is 51.0 Å². The first-order chi connectivity index (χ1) is 14.1. The molecule has 8 heteroatoms. The average Bonchev–Trinajstić information content (AvgIpc) is 3.25. The van der Waals surface area contributed by atoms with Crippen molar-refractivity contribution in [3.8, 4) is 0 Å². The van der Waals surface area contributed by atoms with Crippen LogP contribution in [0.15, 0.2) is 35.1 Å². The number of rotatable bonds is 5. The second-order valence-electron chi connectivity index (χ2n) is 8.02. The van der Waals surface area contributed by atoms with E-state index in [-0.39, 0.29) is 23.5 Å². The molecule has 0 saturated carbocycles. The maximum atomic E-state index is 12.7. The Kier molecular flexibility index (Phi) is 5.89. The summed E-state index contributed by atoms with van der Waals surface area (Å²) in [6.45, 7) is 3.83. The van der Waals surface area contributed by atoms with Crippen LogP contribution < -0.4 is 5.73 Å². The molecule has 0 bridgehead atoms. The zero-order valence-corrected chi connectivity index (χ0v) is 16.5. The predicted octanol–water partition coefficient (Wildman–Crippen LogP) is 1.79. The normalized spacial score (nSPS) is 21.2. The minimum absolute atomic E-state index is 0.205. The van der Waals surface area contributed by atoms with Crippen LogP contribution in [0.25, 0.3) is 0 Å². The van der Waals surface area contributed by atoms with Crippen LogP contribution in [0.4, 0.5) is 0 Å². The number of pyridine rings is 1. The fourth-order valence-corrected chi connectivity index (χ4v) is 4.27. The van der Waals surface area contributed by atoms with Gasteiger partial charge in [-0.15, -0.1) is 0 Å². The summed E-state index contributed by atoms with van der Waals surface area (Å²) in [4.78, 5) is 32.4. The molecule has 29 heavy (non-hydrogen) atoms. The number of nitrogens with zero attached hydrogens (tertiary/aromatic N) is 4. The quantitative estimate of drug-likeness (QED) is 0.824. The van der Waals surface area contributed by atoms with Gasteiger partial charge in [-0.3, -0.25) is 19.5 Å². The summed E-state index contributed by atoms with van der Waals surface area (Å²) >= 11 is 0. The van der Waals surface area contributed by atoms with Crippen LogP contribution in [0.1, 0.15) is 53.4 Å². The van der Waals surface area contributed by atoms with Crippen LogP contribution in [0.2, 0.25) is 0 Å². The van der Waals surface area contributed by atoms with Gasteiger partial charge in [-0.25, -0.2) is 0 Å². The van der Waals surface area contributed by atoms with Gasteiger partial charge in [0.25, 0.3) is 5.91 Å². The highest BCUT2D eigenvalue weighted by Crippen LogP contribution is 2.29. The Morgan fingerprint density at radius 3 is 2.76 bits per heavy atom. The van der Waals surface area contributed by atoms with Crippen molar-refractivity contribution < 1.29 is 14.1 Å². The number of aromatic nitrogens is 2. The maximum absolute atomic E-state index is 12.7. The lowest BCUT2D eigenvalue weighted by Gasteiger charge is -2.31. The van der Waals surface area contributed by atoms with E-state index < -0.39 is 0 Å². The summed E-state index contributed by atoms with van der Waals surface area (Å²) < 4.78 is 5.37. The van der Waals surface area contributed by atoms with E-state index in [9.17, 15) is 9.59 Å². The Bertz CT molecular complexity index is 845. The first kappa shape index (κ1) is 19.6. The maximum Gasteiger partial charge on any atom is 0.292 e.